The maximum absolute atomic E-state index is 12.8. The molecule has 0 bridgehead atoms. The fraction of sp³-hybridized carbons (Fsp3) is 0.250. The molecule has 0 radical (unpaired) electrons. The van der Waals surface area contributed by atoms with Crippen molar-refractivity contribution >= 4 is 32.7 Å². The molecule has 2 heterocycles. The molecule has 0 unspecified atom stereocenters. The smallest absolute Gasteiger partial charge is 0.227 e. The van der Waals surface area contributed by atoms with Gasteiger partial charge in [0.15, 0.2) is 0 Å². The van der Waals surface area contributed by atoms with Crippen LogP contribution in [-0.4, -0.2) is 28.5 Å². The number of hydrogen-bond acceptors (Lipinski definition) is 2. The van der Waals surface area contributed by atoms with Gasteiger partial charge in [-0.2, -0.15) is 0 Å². The average Bonchev–Trinajstić information content (AvgIpc) is 3.48. The standard InChI is InChI=1S/C28H27BrN2O2/c29-24-10-13-27-26(17-24)23(16-28(32)30-14-4-5-15-30)19-31(27)18-21-8-11-25(12-9-21)33-20-22-6-2-1-3-7-22/h1-3,6-13,17,19H,4-5,14-16,18,20H2. The Bertz CT molecular complexity index is 1240. The number of aromatic nitrogens is 1. The van der Waals surface area contributed by atoms with E-state index in [-0.39, 0.29) is 5.91 Å². The third-order valence-corrected chi connectivity index (χ3v) is 6.74. The van der Waals surface area contributed by atoms with Crippen molar-refractivity contribution in [1.29, 1.82) is 0 Å². The molecule has 1 amide bonds. The Balaban J connectivity index is 1.32. The summed E-state index contributed by atoms with van der Waals surface area (Å²) in [5, 5.41) is 1.14. The number of halogens is 1. The van der Waals surface area contributed by atoms with Crippen LogP contribution >= 0.6 is 15.9 Å². The van der Waals surface area contributed by atoms with E-state index < -0.39 is 0 Å². The van der Waals surface area contributed by atoms with Gasteiger partial charge >= 0.3 is 0 Å². The summed E-state index contributed by atoms with van der Waals surface area (Å²) in [5.41, 5.74) is 4.58. The molecule has 1 saturated heterocycles. The quantitative estimate of drug-likeness (QED) is 0.301. The third-order valence-electron chi connectivity index (χ3n) is 6.25. The van der Waals surface area contributed by atoms with Gasteiger partial charge in [0, 0.05) is 41.2 Å². The van der Waals surface area contributed by atoms with Gasteiger partial charge in [0.2, 0.25) is 5.91 Å². The lowest BCUT2D eigenvalue weighted by Crippen LogP contribution is -2.28. The molecule has 1 aliphatic heterocycles. The number of carbonyl (C=O) groups is 1. The van der Waals surface area contributed by atoms with Gasteiger partial charge in [0.25, 0.3) is 0 Å². The minimum atomic E-state index is 0.228. The Labute approximate surface area is 202 Å². The Morgan fingerprint density at radius 2 is 1.67 bits per heavy atom. The summed E-state index contributed by atoms with van der Waals surface area (Å²) >= 11 is 3.60. The van der Waals surface area contributed by atoms with Crippen LogP contribution in [0.2, 0.25) is 0 Å². The molecule has 5 rings (SSSR count). The van der Waals surface area contributed by atoms with Crippen molar-refractivity contribution in [3.63, 3.8) is 0 Å². The SMILES string of the molecule is O=C(Cc1cn(Cc2ccc(OCc3ccccc3)cc2)c2ccc(Br)cc12)N1CCCC1. The van der Waals surface area contributed by atoms with Crippen LogP contribution in [0.5, 0.6) is 5.75 Å². The van der Waals surface area contributed by atoms with E-state index in [1.807, 2.05) is 35.2 Å². The fourth-order valence-corrected chi connectivity index (χ4v) is 4.85. The van der Waals surface area contributed by atoms with Crippen LogP contribution in [0.1, 0.15) is 29.5 Å². The molecule has 0 saturated carbocycles. The van der Waals surface area contributed by atoms with E-state index in [1.54, 1.807) is 0 Å². The monoisotopic (exact) mass is 502 g/mol. The molecular weight excluding hydrogens is 476 g/mol. The van der Waals surface area contributed by atoms with Crippen LogP contribution in [0.25, 0.3) is 10.9 Å². The number of carbonyl (C=O) groups excluding carboxylic acids is 1. The number of amides is 1. The van der Waals surface area contributed by atoms with E-state index in [1.165, 1.54) is 5.56 Å². The Morgan fingerprint density at radius 1 is 0.909 bits per heavy atom. The first-order valence-electron chi connectivity index (χ1n) is 11.5. The Hall–Kier alpha value is -3.05. The third kappa shape index (κ3) is 5.14. The molecule has 33 heavy (non-hydrogen) atoms. The molecule has 168 valence electrons. The summed E-state index contributed by atoms with van der Waals surface area (Å²) in [6, 6.07) is 24.8. The maximum atomic E-state index is 12.8. The predicted molar refractivity (Wildman–Crippen MR) is 135 cm³/mol. The second-order valence-electron chi connectivity index (χ2n) is 8.63. The lowest BCUT2D eigenvalue weighted by molar-refractivity contribution is -0.129. The zero-order valence-corrected chi connectivity index (χ0v) is 20.1. The molecule has 4 aromatic rings. The lowest BCUT2D eigenvalue weighted by atomic mass is 10.1. The van der Waals surface area contributed by atoms with E-state index in [2.05, 4.69) is 69.2 Å². The molecule has 0 atom stereocenters. The largest absolute Gasteiger partial charge is 0.489 e. The first kappa shape index (κ1) is 21.8. The summed E-state index contributed by atoms with van der Waals surface area (Å²) < 4.78 is 9.20. The van der Waals surface area contributed by atoms with Gasteiger partial charge in [-0.05, 0) is 59.9 Å². The summed E-state index contributed by atoms with van der Waals surface area (Å²) in [6.45, 7) is 3.08. The summed E-state index contributed by atoms with van der Waals surface area (Å²) in [4.78, 5) is 14.8. The van der Waals surface area contributed by atoms with Crippen LogP contribution < -0.4 is 4.74 Å². The van der Waals surface area contributed by atoms with Gasteiger partial charge in [-0.25, -0.2) is 0 Å². The van der Waals surface area contributed by atoms with Crippen molar-refractivity contribution in [2.75, 3.05) is 13.1 Å². The van der Waals surface area contributed by atoms with E-state index in [4.69, 9.17) is 4.74 Å². The Morgan fingerprint density at radius 3 is 2.42 bits per heavy atom. The van der Waals surface area contributed by atoms with Crippen LogP contribution in [0.4, 0.5) is 0 Å². The minimum absolute atomic E-state index is 0.228. The topological polar surface area (TPSA) is 34.5 Å². The predicted octanol–water partition coefficient (Wildman–Crippen LogP) is 6.20. The van der Waals surface area contributed by atoms with Crippen LogP contribution in [0.3, 0.4) is 0 Å². The van der Waals surface area contributed by atoms with Crippen molar-refractivity contribution < 1.29 is 9.53 Å². The maximum Gasteiger partial charge on any atom is 0.227 e. The van der Waals surface area contributed by atoms with Crippen molar-refractivity contribution in [3.05, 3.63) is 100 Å². The van der Waals surface area contributed by atoms with Crippen molar-refractivity contribution in [1.82, 2.24) is 9.47 Å². The van der Waals surface area contributed by atoms with Crippen LogP contribution in [-0.2, 0) is 24.4 Å². The first-order valence-corrected chi connectivity index (χ1v) is 12.3. The van der Waals surface area contributed by atoms with Gasteiger partial charge in [-0.1, -0.05) is 58.4 Å². The molecule has 0 spiro atoms. The van der Waals surface area contributed by atoms with Gasteiger partial charge in [0.1, 0.15) is 12.4 Å². The number of rotatable bonds is 7. The highest BCUT2D eigenvalue weighted by atomic mass is 79.9. The highest BCUT2D eigenvalue weighted by Crippen LogP contribution is 2.27. The molecule has 0 N–H and O–H groups in total. The van der Waals surface area contributed by atoms with Gasteiger partial charge in [-0.3, -0.25) is 4.79 Å². The van der Waals surface area contributed by atoms with E-state index in [0.29, 0.717) is 13.0 Å². The molecule has 5 heteroatoms. The highest BCUT2D eigenvalue weighted by molar-refractivity contribution is 9.10. The lowest BCUT2D eigenvalue weighted by Gasteiger charge is -2.14. The zero-order valence-electron chi connectivity index (χ0n) is 18.5. The zero-order chi connectivity index (χ0) is 22.6. The number of fused-ring (bicyclic) bond motifs is 1. The fourth-order valence-electron chi connectivity index (χ4n) is 4.48. The number of benzene rings is 3. The molecule has 0 aliphatic carbocycles. The van der Waals surface area contributed by atoms with E-state index in [0.717, 1.165) is 64.7 Å². The number of hydrogen-bond donors (Lipinski definition) is 0. The van der Waals surface area contributed by atoms with Crippen molar-refractivity contribution in [2.45, 2.75) is 32.4 Å². The average molecular weight is 503 g/mol. The van der Waals surface area contributed by atoms with Gasteiger partial charge in [0.05, 0.1) is 6.42 Å². The molecular formula is C28H27BrN2O2. The van der Waals surface area contributed by atoms with E-state index in [9.17, 15) is 4.79 Å². The Kier molecular flexibility index (Phi) is 6.49. The number of nitrogens with zero attached hydrogens (tertiary/aromatic N) is 2. The second kappa shape index (κ2) is 9.84. The van der Waals surface area contributed by atoms with Crippen molar-refractivity contribution in [2.24, 2.45) is 0 Å². The molecule has 1 aromatic heterocycles. The number of ether oxygens (including phenoxy) is 1. The summed E-state index contributed by atoms with van der Waals surface area (Å²) in [5.74, 6) is 1.09. The van der Waals surface area contributed by atoms with Gasteiger partial charge < -0.3 is 14.2 Å². The summed E-state index contributed by atoms with van der Waals surface area (Å²) in [6.07, 6.45) is 4.82. The molecule has 4 nitrogen and oxygen atoms in total. The molecule has 3 aromatic carbocycles. The molecule has 1 fully saturated rings. The second-order valence-corrected chi connectivity index (χ2v) is 9.54. The normalized spacial score (nSPS) is 13.5. The van der Waals surface area contributed by atoms with Crippen molar-refractivity contribution in [3.8, 4) is 5.75 Å². The van der Waals surface area contributed by atoms with Crippen LogP contribution in [0.15, 0.2) is 83.5 Å². The summed E-state index contributed by atoms with van der Waals surface area (Å²) in [7, 11) is 0. The number of likely N-dealkylation sites (tertiary alicyclic amines) is 1. The van der Waals surface area contributed by atoms with Crippen LogP contribution in [0, 0.1) is 0 Å². The first-order chi connectivity index (χ1) is 16.2. The van der Waals surface area contributed by atoms with Gasteiger partial charge in [-0.15, -0.1) is 0 Å². The minimum Gasteiger partial charge on any atom is -0.489 e. The van der Waals surface area contributed by atoms with E-state index >= 15 is 0 Å². The molecule has 1 aliphatic rings. The highest BCUT2D eigenvalue weighted by Gasteiger charge is 2.20.